The first kappa shape index (κ1) is 33.7. The van der Waals surface area contributed by atoms with Crippen LogP contribution in [0.25, 0.3) is 0 Å². The number of hydrogen-bond donors (Lipinski definition) is 1. The van der Waals surface area contributed by atoms with Gasteiger partial charge in [0.2, 0.25) is 11.8 Å². The number of halogens is 4. The number of carbonyl (C=O) groups is 2. The molecule has 13 heteroatoms. The number of carbonyl (C=O) groups excluding carboxylic acids is 2. The lowest BCUT2D eigenvalue weighted by molar-refractivity contribution is -0.140. The predicted octanol–water partition coefficient (Wildman–Crippen LogP) is 5.89. The fourth-order valence-corrected chi connectivity index (χ4v) is 6.06. The van der Waals surface area contributed by atoms with Crippen LogP contribution in [0, 0.1) is 0 Å². The summed E-state index contributed by atoms with van der Waals surface area (Å²) in [6.07, 6.45) is -4.63. The van der Waals surface area contributed by atoms with Crippen molar-refractivity contribution < 1.29 is 35.9 Å². The van der Waals surface area contributed by atoms with Gasteiger partial charge in [0, 0.05) is 12.6 Å². The summed E-state index contributed by atoms with van der Waals surface area (Å²) in [5.41, 5.74) is -1.07. The van der Waals surface area contributed by atoms with Gasteiger partial charge >= 0.3 is 6.18 Å². The number of benzene rings is 3. The minimum absolute atomic E-state index is 0.0948. The van der Waals surface area contributed by atoms with E-state index in [2.05, 4.69) is 5.32 Å². The first-order chi connectivity index (χ1) is 20.2. The van der Waals surface area contributed by atoms with Crippen molar-refractivity contribution in [1.82, 2.24) is 10.2 Å². The van der Waals surface area contributed by atoms with E-state index in [0.29, 0.717) is 21.7 Å². The fourth-order valence-electron chi connectivity index (χ4n) is 4.34. The van der Waals surface area contributed by atoms with Gasteiger partial charge in [0.05, 0.1) is 28.3 Å². The summed E-state index contributed by atoms with van der Waals surface area (Å²) in [4.78, 5) is 28.2. The first-order valence-electron chi connectivity index (χ1n) is 13.4. The molecular formula is C30H33ClF3N3O5S. The van der Waals surface area contributed by atoms with E-state index in [1.54, 1.807) is 51.1 Å². The van der Waals surface area contributed by atoms with Gasteiger partial charge in [-0.25, -0.2) is 8.42 Å². The maximum absolute atomic E-state index is 14.1. The molecule has 0 aromatic heterocycles. The Morgan fingerprint density at radius 1 is 1.00 bits per heavy atom. The van der Waals surface area contributed by atoms with Crippen molar-refractivity contribution in [2.75, 3.05) is 18.0 Å². The topological polar surface area (TPSA) is 96.0 Å². The molecule has 0 saturated carbocycles. The molecule has 232 valence electrons. The Morgan fingerprint density at radius 3 is 2.16 bits per heavy atom. The molecular weight excluding hydrogens is 607 g/mol. The summed E-state index contributed by atoms with van der Waals surface area (Å²) in [5.74, 6) is -0.728. The van der Waals surface area contributed by atoms with Gasteiger partial charge in [-0.05, 0) is 68.3 Å². The van der Waals surface area contributed by atoms with Crippen LogP contribution in [-0.4, -0.2) is 50.9 Å². The third-order valence-electron chi connectivity index (χ3n) is 6.48. The minimum atomic E-state index is -4.81. The van der Waals surface area contributed by atoms with Crippen LogP contribution in [0.5, 0.6) is 5.75 Å². The lowest BCUT2D eigenvalue weighted by Gasteiger charge is -2.34. The smallest absolute Gasteiger partial charge is 0.416 e. The second kappa shape index (κ2) is 14.1. The van der Waals surface area contributed by atoms with E-state index in [1.807, 2.05) is 0 Å². The van der Waals surface area contributed by atoms with E-state index in [4.69, 9.17) is 16.3 Å². The lowest BCUT2D eigenvalue weighted by atomic mass is 10.1. The van der Waals surface area contributed by atoms with Gasteiger partial charge in [0.25, 0.3) is 10.0 Å². The minimum Gasteiger partial charge on any atom is -0.497 e. The number of sulfonamides is 1. The quantitative estimate of drug-likeness (QED) is 0.267. The number of ether oxygens (including phenoxy) is 1. The van der Waals surface area contributed by atoms with Gasteiger partial charge in [-0.15, -0.1) is 0 Å². The highest BCUT2D eigenvalue weighted by Crippen LogP contribution is 2.37. The highest BCUT2D eigenvalue weighted by Gasteiger charge is 2.37. The molecule has 0 spiro atoms. The number of rotatable bonds is 12. The van der Waals surface area contributed by atoms with Gasteiger partial charge in [0.15, 0.2) is 0 Å². The number of alkyl halides is 3. The third-order valence-corrected chi connectivity index (χ3v) is 8.57. The molecule has 0 aliphatic carbocycles. The second-order valence-corrected chi connectivity index (χ2v) is 12.2. The van der Waals surface area contributed by atoms with Crippen molar-refractivity contribution in [2.24, 2.45) is 0 Å². The predicted molar refractivity (Wildman–Crippen MR) is 158 cm³/mol. The molecule has 0 heterocycles. The zero-order chi connectivity index (χ0) is 31.9. The molecule has 3 rings (SSSR count). The zero-order valence-electron chi connectivity index (χ0n) is 24.1. The summed E-state index contributed by atoms with van der Waals surface area (Å²) in [7, 11) is -3.11. The maximum atomic E-state index is 14.1. The highest BCUT2D eigenvalue weighted by molar-refractivity contribution is 7.92. The molecule has 0 unspecified atom stereocenters. The Hall–Kier alpha value is -3.77. The Balaban J connectivity index is 2.15. The third kappa shape index (κ3) is 8.41. The standard InChI is InChI=1S/C30H33ClF3N3O5S/c1-5-26(29(39)35-20(2)3)36(18-21-11-14-23(42-4)15-12-21)28(38)19-37(43(40,41)24-9-7-6-8-10-24)27-17-22(30(32,33)34)13-16-25(27)31/h6-17,20,26H,5,18-19H2,1-4H3,(H,35,39)/t26-/m1/s1. The summed E-state index contributed by atoms with van der Waals surface area (Å²) in [6.45, 7) is 4.18. The molecule has 0 radical (unpaired) electrons. The van der Waals surface area contributed by atoms with Gasteiger partial charge in [-0.3, -0.25) is 13.9 Å². The van der Waals surface area contributed by atoms with Crippen molar-refractivity contribution in [3.63, 3.8) is 0 Å². The number of hydrogen-bond acceptors (Lipinski definition) is 5. The molecule has 1 N–H and O–H groups in total. The Kier molecular flexibility index (Phi) is 11.1. The Labute approximate surface area is 254 Å². The van der Waals surface area contributed by atoms with Crippen molar-refractivity contribution in [3.8, 4) is 5.75 Å². The Bertz CT molecular complexity index is 1520. The van der Waals surface area contributed by atoms with E-state index in [-0.39, 0.29) is 28.9 Å². The lowest BCUT2D eigenvalue weighted by Crippen LogP contribution is -2.53. The average Bonchev–Trinajstić information content (AvgIpc) is 2.95. The Morgan fingerprint density at radius 2 is 1.63 bits per heavy atom. The average molecular weight is 640 g/mol. The number of nitrogens with one attached hydrogen (secondary N) is 1. The number of amides is 2. The highest BCUT2D eigenvalue weighted by atomic mass is 35.5. The molecule has 3 aromatic rings. The maximum Gasteiger partial charge on any atom is 0.416 e. The van der Waals surface area contributed by atoms with Crippen LogP contribution in [0.4, 0.5) is 18.9 Å². The van der Waals surface area contributed by atoms with Crippen molar-refractivity contribution in [3.05, 3.63) is 88.9 Å². The van der Waals surface area contributed by atoms with E-state index in [0.717, 1.165) is 12.1 Å². The van der Waals surface area contributed by atoms with Gasteiger partial charge < -0.3 is 15.0 Å². The van der Waals surface area contributed by atoms with E-state index in [1.165, 1.54) is 36.3 Å². The van der Waals surface area contributed by atoms with Crippen LogP contribution < -0.4 is 14.4 Å². The molecule has 0 bridgehead atoms. The van der Waals surface area contributed by atoms with E-state index in [9.17, 15) is 31.2 Å². The first-order valence-corrected chi connectivity index (χ1v) is 15.2. The van der Waals surface area contributed by atoms with Crippen LogP contribution in [-0.2, 0) is 32.3 Å². The van der Waals surface area contributed by atoms with Crippen molar-refractivity contribution >= 4 is 39.1 Å². The molecule has 2 amide bonds. The normalized spacial score (nSPS) is 12.5. The molecule has 43 heavy (non-hydrogen) atoms. The van der Waals surface area contributed by atoms with E-state index >= 15 is 0 Å². The molecule has 1 atom stereocenters. The largest absolute Gasteiger partial charge is 0.497 e. The molecule has 0 aliphatic heterocycles. The summed E-state index contributed by atoms with van der Waals surface area (Å²) in [6, 6.07) is 14.7. The summed E-state index contributed by atoms with van der Waals surface area (Å²) < 4.78 is 74.5. The molecule has 0 fully saturated rings. The second-order valence-electron chi connectivity index (χ2n) is 9.95. The monoisotopic (exact) mass is 639 g/mol. The number of nitrogens with zero attached hydrogens (tertiary/aromatic N) is 2. The number of anilines is 1. The summed E-state index contributed by atoms with van der Waals surface area (Å²) in [5, 5.41) is 2.46. The number of methoxy groups -OCH3 is 1. The molecule has 8 nitrogen and oxygen atoms in total. The van der Waals surface area contributed by atoms with Crippen LogP contribution in [0.1, 0.15) is 38.3 Å². The molecule has 0 saturated heterocycles. The van der Waals surface area contributed by atoms with Crippen LogP contribution >= 0.6 is 11.6 Å². The molecule has 0 aliphatic rings. The van der Waals surface area contributed by atoms with Crippen molar-refractivity contribution in [2.45, 2.75) is 56.9 Å². The van der Waals surface area contributed by atoms with Crippen molar-refractivity contribution in [1.29, 1.82) is 0 Å². The zero-order valence-corrected chi connectivity index (χ0v) is 25.6. The SMILES string of the molecule is CC[C@H](C(=O)NC(C)C)N(Cc1ccc(OC)cc1)C(=O)CN(c1cc(C(F)(F)F)ccc1Cl)S(=O)(=O)c1ccccc1. The van der Waals surface area contributed by atoms with Crippen LogP contribution in [0.15, 0.2) is 77.7 Å². The van der Waals surface area contributed by atoms with Crippen LogP contribution in [0.3, 0.4) is 0 Å². The van der Waals surface area contributed by atoms with E-state index < -0.39 is 51.9 Å². The summed E-state index contributed by atoms with van der Waals surface area (Å²) >= 11 is 6.28. The van der Waals surface area contributed by atoms with Gasteiger partial charge in [-0.1, -0.05) is 48.9 Å². The fraction of sp³-hybridized carbons (Fsp3) is 0.333. The van der Waals surface area contributed by atoms with Gasteiger partial charge in [0.1, 0.15) is 18.3 Å². The van der Waals surface area contributed by atoms with Gasteiger partial charge in [-0.2, -0.15) is 13.2 Å². The molecule has 3 aromatic carbocycles. The van der Waals surface area contributed by atoms with Crippen LogP contribution in [0.2, 0.25) is 5.02 Å².